The number of aromatic nitrogens is 6. The number of ether oxygens (including phenoxy) is 2. The summed E-state index contributed by atoms with van der Waals surface area (Å²) in [4.78, 5) is 61.2. The van der Waals surface area contributed by atoms with Crippen molar-refractivity contribution in [2.24, 2.45) is 0 Å². The smallest absolute Gasteiger partial charge is 0.416 e. The molecule has 1 aromatic carbocycles. The fourth-order valence-electron chi connectivity index (χ4n) is 5.91. The number of nitrogens with zero attached hydrogens (tertiary/aromatic N) is 10. The number of anilines is 2. The summed E-state index contributed by atoms with van der Waals surface area (Å²) in [6.45, 7) is 4.77. The molecule has 2 fully saturated rings. The third kappa shape index (κ3) is 7.91. The molecule has 2 aliphatic rings. The maximum Gasteiger partial charge on any atom is 0.416 e. The molecule has 7 rings (SSSR count). The molecule has 6 heterocycles. The number of amides is 4. The minimum Gasteiger partial charge on any atom is -0.479 e. The Bertz CT molecular complexity index is 2080. The third-order valence-electron chi connectivity index (χ3n) is 8.59. The summed E-state index contributed by atoms with van der Waals surface area (Å²) in [5.41, 5.74) is 0.816. The van der Waals surface area contributed by atoms with Crippen molar-refractivity contribution in [3.05, 3.63) is 47.5 Å². The summed E-state index contributed by atoms with van der Waals surface area (Å²) >= 11 is 2.45. The molecule has 274 valence electrons. The van der Waals surface area contributed by atoms with Gasteiger partial charge in [-0.2, -0.15) is 23.1 Å². The Kier molecular flexibility index (Phi) is 10.2. The van der Waals surface area contributed by atoms with Crippen LogP contribution in [-0.4, -0.2) is 128 Å². The van der Waals surface area contributed by atoms with E-state index in [-0.39, 0.29) is 17.9 Å². The highest BCUT2D eigenvalue weighted by molar-refractivity contribution is 7.22. The second-order valence-corrected chi connectivity index (χ2v) is 13.9. The largest absolute Gasteiger partial charge is 0.479 e. The van der Waals surface area contributed by atoms with Crippen molar-refractivity contribution in [1.82, 2.24) is 49.5 Å². The Hall–Kier alpha value is -4.99. The first-order valence-corrected chi connectivity index (χ1v) is 17.8. The predicted octanol–water partition coefficient (Wildman–Crippen LogP) is 4.22. The summed E-state index contributed by atoms with van der Waals surface area (Å²) < 4.78 is 50.1. The van der Waals surface area contributed by atoms with Crippen LogP contribution in [-0.2, 0) is 19.3 Å². The standard InChI is InChI=1S/C31H33F3N12O4S2/c1-49-23-21-25(36-17-35-23)51-27(39-21)41-29(47)46-12-8-44(9-13-46)16-20-37-24(50-2)22-26(38-20)52-28(40-22)42-30(48)45-10-6-43(7-11-45)15-18-4-3-5-19(14-18)31(32,33)34/h3-5,14,17H,6-13,15-16H2,1-2H3,(H,39,41,47)(H,40,42,48). The van der Waals surface area contributed by atoms with E-state index < -0.39 is 11.7 Å². The lowest BCUT2D eigenvalue weighted by Crippen LogP contribution is -2.49. The second kappa shape index (κ2) is 14.9. The summed E-state index contributed by atoms with van der Waals surface area (Å²) in [6.07, 6.45) is -3.01. The van der Waals surface area contributed by atoms with Crippen molar-refractivity contribution >= 4 is 65.7 Å². The van der Waals surface area contributed by atoms with Gasteiger partial charge in [-0.1, -0.05) is 40.9 Å². The molecule has 0 aliphatic carbocycles. The van der Waals surface area contributed by atoms with Crippen molar-refractivity contribution in [3.63, 3.8) is 0 Å². The lowest BCUT2D eigenvalue weighted by Gasteiger charge is -2.34. The number of fused-ring (bicyclic) bond motifs is 2. The molecular weight excluding hydrogens is 726 g/mol. The number of rotatable bonds is 8. The topological polar surface area (TPSA) is 167 Å². The summed E-state index contributed by atoms with van der Waals surface area (Å²) in [5, 5.41) is 6.44. The number of benzene rings is 1. The van der Waals surface area contributed by atoms with E-state index in [0.717, 1.165) is 12.1 Å². The van der Waals surface area contributed by atoms with E-state index in [9.17, 15) is 22.8 Å². The van der Waals surface area contributed by atoms with Gasteiger partial charge in [0, 0.05) is 58.9 Å². The van der Waals surface area contributed by atoms with Crippen molar-refractivity contribution in [3.8, 4) is 11.8 Å². The number of carbonyl (C=O) groups is 2. The zero-order valence-electron chi connectivity index (χ0n) is 28.0. The lowest BCUT2D eigenvalue weighted by molar-refractivity contribution is -0.137. The molecule has 21 heteroatoms. The minimum absolute atomic E-state index is 0.263. The molecule has 0 saturated carbocycles. The Balaban J connectivity index is 0.910. The Morgan fingerprint density at radius 2 is 1.33 bits per heavy atom. The molecular formula is C31H33F3N12O4S2. The minimum atomic E-state index is -4.39. The van der Waals surface area contributed by atoms with Crippen LogP contribution < -0.4 is 20.1 Å². The molecule has 4 amide bonds. The van der Waals surface area contributed by atoms with Crippen LogP contribution in [0.1, 0.15) is 17.0 Å². The van der Waals surface area contributed by atoms with E-state index in [1.54, 1.807) is 15.9 Å². The van der Waals surface area contributed by atoms with Crippen LogP contribution >= 0.6 is 22.7 Å². The lowest BCUT2D eigenvalue weighted by atomic mass is 10.1. The number of hydrogen-bond donors (Lipinski definition) is 2. The number of methoxy groups -OCH3 is 2. The number of hydrogen-bond acceptors (Lipinski definition) is 14. The zero-order valence-corrected chi connectivity index (χ0v) is 29.6. The van der Waals surface area contributed by atoms with E-state index in [2.05, 4.69) is 40.5 Å². The maximum atomic E-state index is 13.1. The average molecular weight is 759 g/mol. The van der Waals surface area contributed by atoms with Crippen LogP contribution in [0.3, 0.4) is 0 Å². The Labute approximate surface area is 302 Å². The summed E-state index contributed by atoms with van der Waals surface area (Å²) in [7, 11) is 2.99. The molecule has 2 N–H and O–H groups in total. The van der Waals surface area contributed by atoms with Crippen LogP contribution in [0.15, 0.2) is 30.6 Å². The molecule has 16 nitrogen and oxygen atoms in total. The SMILES string of the molecule is COc1ncnc2sc(NC(=O)N3CCN(Cc4nc(OC)c5nc(NC(=O)N6CCN(Cc7cccc(C(F)(F)F)c7)CC6)sc5n4)CC3)nc12. The van der Waals surface area contributed by atoms with Gasteiger partial charge >= 0.3 is 18.2 Å². The molecule has 0 unspecified atom stereocenters. The molecule has 0 atom stereocenters. The van der Waals surface area contributed by atoms with E-state index in [0.29, 0.717) is 114 Å². The van der Waals surface area contributed by atoms with E-state index in [1.807, 2.05) is 4.90 Å². The first-order valence-electron chi connectivity index (χ1n) is 16.2. The van der Waals surface area contributed by atoms with Gasteiger partial charge in [0.2, 0.25) is 11.8 Å². The van der Waals surface area contributed by atoms with Gasteiger partial charge in [0.25, 0.3) is 0 Å². The first kappa shape index (κ1) is 35.4. The molecule has 2 aliphatic heterocycles. The number of alkyl halides is 3. The van der Waals surface area contributed by atoms with Crippen molar-refractivity contribution in [2.45, 2.75) is 19.3 Å². The van der Waals surface area contributed by atoms with Crippen molar-refractivity contribution < 1.29 is 32.2 Å². The normalized spacial score (nSPS) is 16.0. The highest BCUT2D eigenvalue weighted by Crippen LogP contribution is 2.32. The number of carbonyl (C=O) groups excluding carboxylic acids is 2. The highest BCUT2D eigenvalue weighted by Gasteiger charge is 2.31. The van der Waals surface area contributed by atoms with Crippen LogP contribution in [0.5, 0.6) is 11.8 Å². The van der Waals surface area contributed by atoms with Gasteiger partial charge in [0.1, 0.15) is 12.2 Å². The third-order valence-corrected chi connectivity index (χ3v) is 10.3. The molecule has 0 spiro atoms. The maximum absolute atomic E-state index is 13.1. The van der Waals surface area contributed by atoms with Gasteiger partial charge in [-0.25, -0.2) is 29.5 Å². The van der Waals surface area contributed by atoms with Gasteiger partial charge in [0.15, 0.2) is 31.0 Å². The molecule has 4 aromatic heterocycles. The molecule has 5 aromatic rings. The predicted molar refractivity (Wildman–Crippen MR) is 187 cm³/mol. The quantitative estimate of drug-likeness (QED) is 0.232. The highest BCUT2D eigenvalue weighted by atomic mass is 32.1. The summed E-state index contributed by atoms with van der Waals surface area (Å²) in [6, 6.07) is 4.71. The second-order valence-electron chi connectivity index (χ2n) is 12.0. The van der Waals surface area contributed by atoms with Crippen LogP contribution in [0.4, 0.5) is 33.0 Å². The van der Waals surface area contributed by atoms with E-state index >= 15 is 0 Å². The number of nitrogens with one attached hydrogen (secondary N) is 2. The fraction of sp³-hybridized carbons (Fsp3) is 0.419. The van der Waals surface area contributed by atoms with Gasteiger partial charge in [0.05, 0.1) is 26.3 Å². The van der Waals surface area contributed by atoms with Crippen LogP contribution in [0, 0.1) is 0 Å². The van der Waals surface area contributed by atoms with Crippen molar-refractivity contribution in [1.29, 1.82) is 0 Å². The van der Waals surface area contributed by atoms with E-state index in [1.165, 1.54) is 49.3 Å². The number of piperazine rings is 2. The van der Waals surface area contributed by atoms with Crippen LogP contribution in [0.25, 0.3) is 20.7 Å². The van der Waals surface area contributed by atoms with Crippen molar-refractivity contribution in [2.75, 3.05) is 77.2 Å². The molecule has 52 heavy (non-hydrogen) atoms. The van der Waals surface area contributed by atoms with Gasteiger partial charge in [-0.05, 0) is 11.6 Å². The van der Waals surface area contributed by atoms with Gasteiger partial charge < -0.3 is 19.3 Å². The monoisotopic (exact) mass is 758 g/mol. The number of halogens is 3. The molecule has 0 bridgehead atoms. The Morgan fingerprint density at radius 3 is 1.92 bits per heavy atom. The van der Waals surface area contributed by atoms with Crippen LogP contribution in [0.2, 0.25) is 0 Å². The van der Waals surface area contributed by atoms with Gasteiger partial charge in [-0.3, -0.25) is 20.4 Å². The number of urea groups is 2. The fourth-order valence-corrected chi connectivity index (χ4v) is 7.53. The first-order chi connectivity index (χ1) is 25.1. The Morgan fingerprint density at radius 1 is 0.750 bits per heavy atom. The molecule has 2 saturated heterocycles. The van der Waals surface area contributed by atoms with E-state index in [4.69, 9.17) is 14.5 Å². The average Bonchev–Trinajstić information content (AvgIpc) is 3.74. The molecule has 0 radical (unpaired) electrons. The zero-order chi connectivity index (χ0) is 36.4. The summed E-state index contributed by atoms with van der Waals surface area (Å²) in [5.74, 6) is 1.15. The number of thiazole rings is 2. The van der Waals surface area contributed by atoms with Gasteiger partial charge in [-0.15, -0.1) is 0 Å².